The molecule has 3 N–H and O–H groups in total. The number of amides is 1. The van der Waals surface area contributed by atoms with Gasteiger partial charge < -0.3 is 11.1 Å². The van der Waals surface area contributed by atoms with Crippen LogP contribution in [0.15, 0.2) is 42.5 Å². The number of benzene rings is 2. The van der Waals surface area contributed by atoms with Crippen LogP contribution in [0.5, 0.6) is 0 Å². The first-order valence-corrected chi connectivity index (χ1v) is 7.88. The predicted molar refractivity (Wildman–Crippen MR) is 90.0 cm³/mol. The molecule has 114 valence electrons. The summed E-state index contributed by atoms with van der Waals surface area (Å²) >= 11 is 0. The Morgan fingerprint density at radius 2 is 1.95 bits per heavy atom. The molecule has 0 aromatic heterocycles. The standard InChI is InChI=1S/C19H22N2O/c1-13-16(19(20)22)9-10-17(14-6-3-2-4-7-14)18(13)15-8-5-11-21-12-15/h2-4,6-7,9-10,15,21H,5,8,11-12H2,1H3,(H2,20,22). The summed E-state index contributed by atoms with van der Waals surface area (Å²) < 4.78 is 0. The van der Waals surface area contributed by atoms with Gasteiger partial charge in [-0.2, -0.15) is 0 Å². The number of hydrogen-bond donors (Lipinski definition) is 2. The third-order valence-corrected chi connectivity index (χ3v) is 4.57. The fourth-order valence-corrected chi connectivity index (χ4v) is 3.49. The van der Waals surface area contributed by atoms with Crippen molar-refractivity contribution < 1.29 is 4.79 Å². The van der Waals surface area contributed by atoms with E-state index in [0.717, 1.165) is 25.1 Å². The van der Waals surface area contributed by atoms with Crippen molar-refractivity contribution in [3.8, 4) is 11.1 Å². The molecule has 1 unspecified atom stereocenters. The highest BCUT2D eigenvalue weighted by Crippen LogP contribution is 2.36. The van der Waals surface area contributed by atoms with Gasteiger partial charge in [0.05, 0.1) is 0 Å². The van der Waals surface area contributed by atoms with E-state index in [1.807, 2.05) is 25.1 Å². The molecule has 1 fully saturated rings. The van der Waals surface area contributed by atoms with Crippen molar-refractivity contribution in [1.82, 2.24) is 5.32 Å². The van der Waals surface area contributed by atoms with Gasteiger partial charge in [-0.1, -0.05) is 36.4 Å². The van der Waals surface area contributed by atoms with Crippen molar-refractivity contribution in [3.63, 3.8) is 0 Å². The van der Waals surface area contributed by atoms with E-state index in [0.29, 0.717) is 11.5 Å². The first-order chi connectivity index (χ1) is 10.7. The minimum atomic E-state index is -0.345. The number of nitrogens with two attached hydrogens (primary N) is 1. The zero-order valence-corrected chi connectivity index (χ0v) is 12.9. The largest absolute Gasteiger partial charge is 0.366 e. The van der Waals surface area contributed by atoms with E-state index in [1.165, 1.54) is 23.1 Å². The Hall–Kier alpha value is -2.13. The van der Waals surface area contributed by atoms with Crippen molar-refractivity contribution in [2.75, 3.05) is 13.1 Å². The number of carbonyl (C=O) groups is 1. The molecule has 1 atom stereocenters. The molecule has 0 aliphatic carbocycles. The highest BCUT2D eigenvalue weighted by molar-refractivity contribution is 5.95. The van der Waals surface area contributed by atoms with Gasteiger partial charge in [-0.05, 0) is 60.5 Å². The molecular weight excluding hydrogens is 272 g/mol. The van der Waals surface area contributed by atoms with Crippen LogP contribution in [0.25, 0.3) is 11.1 Å². The summed E-state index contributed by atoms with van der Waals surface area (Å²) in [4.78, 5) is 11.7. The number of hydrogen-bond acceptors (Lipinski definition) is 2. The molecule has 1 heterocycles. The number of primary amides is 1. The molecule has 3 heteroatoms. The number of piperidine rings is 1. The van der Waals surface area contributed by atoms with Gasteiger partial charge in [0.15, 0.2) is 0 Å². The minimum Gasteiger partial charge on any atom is -0.366 e. The van der Waals surface area contributed by atoms with Crippen LogP contribution in [0.3, 0.4) is 0 Å². The molecule has 1 aliphatic rings. The first-order valence-electron chi connectivity index (χ1n) is 7.88. The smallest absolute Gasteiger partial charge is 0.248 e. The maximum absolute atomic E-state index is 11.7. The maximum Gasteiger partial charge on any atom is 0.248 e. The van der Waals surface area contributed by atoms with Gasteiger partial charge in [0.25, 0.3) is 0 Å². The molecule has 0 bridgehead atoms. The number of carbonyl (C=O) groups excluding carboxylic acids is 1. The van der Waals surface area contributed by atoms with Crippen LogP contribution in [0.2, 0.25) is 0 Å². The Balaban J connectivity index is 2.16. The highest BCUT2D eigenvalue weighted by Gasteiger charge is 2.23. The Bertz CT molecular complexity index is 673. The van der Waals surface area contributed by atoms with Crippen molar-refractivity contribution in [3.05, 3.63) is 59.2 Å². The third-order valence-electron chi connectivity index (χ3n) is 4.57. The maximum atomic E-state index is 11.7. The second-order valence-corrected chi connectivity index (χ2v) is 5.97. The van der Waals surface area contributed by atoms with Crippen molar-refractivity contribution in [2.45, 2.75) is 25.7 Å². The Morgan fingerprint density at radius 3 is 2.59 bits per heavy atom. The van der Waals surface area contributed by atoms with Crippen LogP contribution in [0.4, 0.5) is 0 Å². The summed E-state index contributed by atoms with van der Waals surface area (Å²) in [6, 6.07) is 14.3. The Kier molecular flexibility index (Phi) is 4.25. The monoisotopic (exact) mass is 294 g/mol. The molecule has 0 radical (unpaired) electrons. The van der Waals surface area contributed by atoms with Crippen LogP contribution >= 0.6 is 0 Å². The van der Waals surface area contributed by atoms with E-state index in [1.54, 1.807) is 0 Å². The van der Waals surface area contributed by atoms with Gasteiger partial charge in [-0.3, -0.25) is 4.79 Å². The Morgan fingerprint density at radius 1 is 1.18 bits per heavy atom. The highest BCUT2D eigenvalue weighted by atomic mass is 16.1. The van der Waals surface area contributed by atoms with E-state index >= 15 is 0 Å². The molecule has 1 amide bonds. The van der Waals surface area contributed by atoms with E-state index in [2.05, 4.69) is 29.6 Å². The van der Waals surface area contributed by atoms with Crippen LogP contribution in [0.1, 0.15) is 40.2 Å². The third kappa shape index (κ3) is 2.77. The Labute approximate surface area is 131 Å². The summed E-state index contributed by atoms with van der Waals surface area (Å²) in [6.45, 7) is 4.06. The molecule has 22 heavy (non-hydrogen) atoms. The van der Waals surface area contributed by atoms with Gasteiger partial charge >= 0.3 is 0 Å². The zero-order chi connectivity index (χ0) is 15.5. The van der Waals surface area contributed by atoms with Gasteiger partial charge in [0.1, 0.15) is 0 Å². The molecule has 2 aromatic carbocycles. The molecule has 1 aliphatic heterocycles. The normalized spacial score (nSPS) is 18.1. The molecule has 0 saturated carbocycles. The molecule has 3 nitrogen and oxygen atoms in total. The fourth-order valence-electron chi connectivity index (χ4n) is 3.49. The van der Waals surface area contributed by atoms with Crippen LogP contribution in [-0.2, 0) is 0 Å². The fraction of sp³-hybridized carbons (Fsp3) is 0.316. The average molecular weight is 294 g/mol. The lowest BCUT2D eigenvalue weighted by molar-refractivity contribution is 0.0999. The SMILES string of the molecule is Cc1c(C(N)=O)ccc(-c2ccccc2)c1C1CCCNC1. The first kappa shape index (κ1) is 14.8. The van der Waals surface area contributed by atoms with E-state index in [9.17, 15) is 4.79 Å². The zero-order valence-electron chi connectivity index (χ0n) is 12.9. The van der Waals surface area contributed by atoms with Gasteiger partial charge in [-0.25, -0.2) is 0 Å². The summed E-state index contributed by atoms with van der Waals surface area (Å²) in [6.07, 6.45) is 2.31. The lowest BCUT2D eigenvalue weighted by atomic mass is 9.81. The van der Waals surface area contributed by atoms with Crippen LogP contribution < -0.4 is 11.1 Å². The van der Waals surface area contributed by atoms with E-state index in [4.69, 9.17) is 5.73 Å². The van der Waals surface area contributed by atoms with Crippen LogP contribution in [0, 0.1) is 6.92 Å². The van der Waals surface area contributed by atoms with Gasteiger partial charge in [-0.15, -0.1) is 0 Å². The van der Waals surface area contributed by atoms with Crippen LogP contribution in [-0.4, -0.2) is 19.0 Å². The van der Waals surface area contributed by atoms with Gasteiger partial charge in [0, 0.05) is 12.1 Å². The molecular formula is C19H22N2O. The van der Waals surface area contributed by atoms with Crippen molar-refractivity contribution in [1.29, 1.82) is 0 Å². The van der Waals surface area contributed by atoms with Crippen molar-refractivity contribution >= 4 is 5.91 Å². The van der Waals surface area contributed by atoms with E-state index in [-0.39, 0.29) is 5.91 Å². The summed E-state index contributed by atoms with van der Waals surface area (Å²) in [5.74, 6) is 0.0883. The van der Waals surface area contributed by atoms with Gasteiger partial charge in [0.2, 0.25) is 5.91 Å². The summed E-state index contributed by atoms with van der Waals surface area (Å²) in [5, 5.41) is 3.47. The van der Waals surface area contributed by atoms with Crippen molar-refractivity contribution in [2.24, 2.45) is 5.73 Å². The minimum absolute atomic E-state index is 0.345. The number of nitrogens with one attached hydrogen (secondary N) is 1. The predicted octanol–water partition coefficient (Wildman–Crippen LogP) is 3.23. The second-order valence-electron chi connectivity index (χ2n) is 5.97. The lowest BCUT2D eigenvalue weighted by Gasteiger charge is -2.28. The second kappa shape index (κ2) is 6.32. The molecule has 3 rings (SSSR count). The topological polar surface area (TPSA) is 55.1 Å². The lowest BCUT2D eigenvalue weighted by Crippen LogP contribution is -2.29. The average Bonchev–Trinajstić information content (AvgIpc) is 2.55. The quantitative estimate of drug-likeness (QED) is 0.913. The summed E-state index contributed by atoms with van der Waals surface area (Å²) in [5.41, 5.74) is 10.9. The van der Waals surface area contributed by atoms with E-state index < -0.39 is 0 Å². The molecule has 1 saturated heterocycles. The number of rotatable bonds is 3. The molecule has 0 spiro atoms. The summed E-state index contributed by atoms with van der Waals surface area (Å²) in [7, 11) is 0. The molecule has 2 aromatic rings.